The summed E-state index contributed by atoms with van der Waals surface area (Å²) >= 11 is 0. The number of methoxy groups -OCH3 is 1. The van der Waals surface area contributed by atoms with Crippen LogP contribution in [0.15, 0.2) is 30.5 Å². The second-order valence-electron chi connectivity index (χ2n) is 7.72. The van der Waals surface area contributed by atoms with Crippen molar-refractivity contribution in [2.75, 3.05) is 7.11 Å². The second kappa shape index (κ2) is 7.26. The summed E-state index contributed by atoms with van der Waals surface area (Å²) in [6, 6.07) is 7.64. The molecule has 5 nitrogen and oxygen atoms in total. The van der Waals surface area contributed by atoms with E-state index in [0.29, 0.717) is 0 Å². The van der Waals surface area contributed by atoms with Crippen LogP contribution in [0.4, 0.5) is 4.79 Å². The van der Waals surface area contributed by atoms with Crippen molar-refractivity contribution in [3.8, 4) is 5.75 Å². The van der Waals surface area contributed by atoms with E-state index in [9.17, 15) is 4.79 Å². The van der Waals surface area contributed by atoms with E-state index in [1.807, 2.05) is 30.3 Å². The lowest BCUT2D eigenvalue weighted by Gasteiger charge is -2.46. The topological polar surface area (TPSA) is 62.4 Å². The molecule has 2 amide bonds. The summed E-state index contributed by atoms with van der Waals surface area (Å²) in [6.07, 6.45) is 5.34. The van der Waals surface area contributed by atoms with Crippen molar-refractivity contribution >= 4 is 12.1 Å². The molecule has 0 aromatic heterocycles. The standard InChI is InChI=1S/C19H29N3O2/c1-18(2)12-15(13-19(3,4)22-18)21-17(23)20-11-10-14-6-8-16(24-5)9-7-14/h6-11,15,22H,12-13H2,1-5H3,(H2,20,21,23)/b11-10+. The van der Waals surface area contributed by atoms with E-state index in [0.717, 1.165) is 24.2 Å². The van der Waals surface area contributed by atoms with Gasteiger partial charge in [-0.15, -0.1) is 0 Å². The van der Waals surface area contributed by atoms with Crippen LogP contribution in [-0.2, 0) is 0 Å². The van der Waals surface area contributed by atoms with Crippen LogP contribution in [0.3, 0.4) is 0 Å². The van der Waals surface area contributed by atoms with Crippen molar-refractivity contribution in [3.05, 3.63) is 36.0 Å². The molecule has 1 aliphatic rings. The lowest BCUT2D eigenvalue weighted by atomic mass is 9.80. The van der Waals surface area contributed by atoms with Crippen LogP contribution in [0.25, 0.3) is 6.08 Å². The van der Waals surface area contributed by atoms with Gasteiger partial charge in [-0.1, -0.05) is 12.1 Å². The number of hydrogen-bond donors (Lipinski definition) is 3. The second-order valence-corrected chi connectivity index (χ2v) is 7.72. The molecular formula is C19H29N3O2. The summed E-state index contributed by atoms with van der Waals surface area (Å²) < 4.78 is 5.12. The van der Waals surface area contributed by atoms with Crippen LogP contribution >= 0.6 is 0 Å². The Balaban J connectivity index is 1.85. The molecular weight excluding hydrogens is 302 g/mol. The summed E-state index contributed by atoms with van der Waals surface area (Å²) in [5.74, 6) is 0.814. The fourth-order valence-corrected chi connectivity index (χ4v) is 3.58. The van der Waals surface area contributed by atoms with Gasteiger partial charge in [0.15, 0.2) is 0 Å². The molecule has 5 heteroatoms. The van der Waals surface area contributed by atoms with Crippen molar-refractivity contribution in [1.82, 2.24) is 16.0 Å². The minimum absolute atomic E-state index is 0.0125. The highest BCUT2D eigenvalue weighted by molar-refractivity contribution is 5.76. The highest BCUT2D eigenvalue weighted by Crippen LogP contribution is 2.28. The molecule has 0 bridgehead atoms. The molecule has 1 aromatic carbocycles. The Morgan fingerprint density at radius 2 is 1.75 bits per heavy atom. The van der Waals surface area contributed by atoms with Crippen LogP contribution in [0.2, 0.25) is 0 Å². The van der Waals surface area contributed by atoms with Crippen LogP contribution in [0.5, 0.6) is 5.75 Å². The molecule has 1 fully saturated rings. The van der Waals surface area contributed by atoms with Gasteiger partial charge in [-0.2, -0.15) is 0 Å². The molecule has 0 spiro atoms. The first-order chi connectivity index (χ1) is 11.2. The number of benzene rings is 1. The van der Waals surface area contributed by atoms with E-state index >= 15 is 0 Å². The average molecular weight is 331 g/mol. The average Bonchev–Trinajstić information content (AvgIpc) is 2.44. The van der Waals surface area contributed by atoms with Crippen molar-refractivity contribution in [3.63, 3.8) is 0 Å². The van der Waals surface area contributed by atoms with Crippen LogP contribution in [0.1, 0.15) is 46.1 Å². The Kier molecular flexibility index (Phi) is 5.54. The van der Waals surface area contributed by atoms with Crippen LogP contribution in [0, 0.1) is 0 Å². The lowest BCUT2D eigenvalue weighted by Crippen LogP contribution is -2.62. The van der Waals surface area contributed by atoms with Gasteiger partial charge in [-0.3, -0.25) is 0 Å². The van der Waals surface area contributed by atoms with Crippen LogP contribution in [-0.4, -0.2) is 30.3 Å². The van der Waals surface area contributed by atoms with Crippen molar-refractivity contribution in [2.24, 2.45) is 0 Å². The monoisotopic (exact) mass is 331 g/mol. The summed E-state index contributed by atoms with van der Waals surface area (Å²) in [5.41, 5.74) is 1.03. The molecule has 1 aromatic rings. The number of carbonyl (C=O) groups excluding carboxylic acids is 1. The number of amides is 2. The number of hydrogen-bond acceptors (Lipinski definition) is 3. The number of rotatable bonds is 4. The lowest BCUT2D eigenvalue weighted by molar-refractivity contribution is 0.148. The van der Waals surface area contributed by atoms with Gasteiger partial charge >= 0.3 is 6.03 Å². The first-order valence-corrected chi connectivity index (χ1v) is 8.36. The Morgan fingerprint density at radius 3 is 2.29 bits per heavy atom. The zero-order valence-electron chi connectivity index (χ0n) is 15.3. The molecule has 1 heterocycles. The Labute approximate surface area is 144 Å². The summed E-state index contributed by atoms with van der Waals surface area (Å²) in [6.45, 7) is 8.68. The SMILES string of the molecule is COc1ccc(/C=C/NC(=O)NC2CC(C)(C)NC(C)(C)C2)cc1. The summed E-state index contributed by atoms with van der Waals surface area (Å²) in [5, 5.41) is 9.47. The first-order valence-electron chi connectivity index (χ1n) is 8.36. The molecule has 1 saturated heterocycles. The summed E-state index contributed by atoms with van der Waals surface area (Å²) in [7, 11) is 1.64. The normalized spacial score (nSPS) is 19.9. The van der Waals surface area contributed by atoms with Gasteiger partial charge in [-0.05, 0) is 64.3 Å². The zero-order valence-corrected chi connectivity index (χ0v) is 15.3. The molecule has 0 saturated carbocycles. The molecule has 0 aliphatic carbocycles. The van der Waals surface area contributed by atoms with Gasteiger partial charge in [-0.25, -0.2) is 4.79 Å². The third-order valence-corrected chi connectivity index (χ3v) is 4.13. The Hall–Kier alpha value is -2.01. The van der Waals surface area contributed by atoms with Gasteiger partial charge < -0.3 is 20.7 Å². The first kappa shape index (κ1) is 18.3. The van der Waals surface area contributed by atoms with Gasteiger partial charge in [0.25, 0.3) is 0 Å². The molecule has 2 rings (SSSR count). The Morgan fingerprint density at radius 1 is 1.17 bits per heavy atom. The van der Waals surface area contributed by atoms with Crippen molar-refractivity contribution in [1.29, 1.82) is 0 Å². The molecule has 3 N–H and O–H groups in total. The number of piperidine rings is 1. The van der Waals surface area contributed by atoms with E-state index in [1.165, 1.54) is 0 Å². The minimum atomic E-state index is -0.168. The van der Waals surface area contributed by atoms with E-state index in [-0.39, 0.29) is 23.2 Å². The number of nitrogens with one attached hydrogen (secondary N) is 3. The van der Waals surface area contributed by atoms with Crippen molar-refractivity contribution in [2.45, 2.75) is 57.7 Å². The van der Waals surface area contributed by atoms with E-state index < -0.39 is 0 Å². The third kappa shape index (κ3) is 5.57. The van der Waals surface area contributed by atoms with Gasteiger partial charge in [0, 0.05) is 23.3 Å². The maximum Gasteiger partial charge on any atom is 0.318 e. The fraction of sp³-hybridized carbons (Fsp3) is 0.526. The minimum Gasteiger partial charge on any atom is -0.497 e. The molecule has 0 unspecified atom stereocenters. The summed E-state index contributed by atoms with van der Waals surface area (Å²) in [4.78, 5) is 12.1. The fourth-order valence-electron chi connectivity index (χ4n) is 3.58. The van der Waals surface area contributed by atoms with E-state index in [1.54, 1.807) is 13.3 Å². The predicted octanol–water partition coefficient (Wildman–Crippen LogP) is 3.27. The number of urea groups is 1. The van der Waals surface area contributed by atoms with Gasteiger partial charge in [0.2, 0.25) is 0 Å². The zero-order chi connectivity index (χ0) is 17.8. The van der Waals surface area contributed by atoms with Gasteiger partial charge in [0.05, 0.1) is 7.11 Å². The largest absolute Gasteiger partial charge is 0.497 e. The predicted molar refractivity (Wildman–Crippen MR) is 98.0 cm³/mol. The van der Waals surface area contributed by atoms with E-state index in [2.05, 4.69) is 43.6 Å². The quantitative estimate of drug-likeness (QED) is 0.793. The molecule has 132 valence electrons. The molecule has 0 atom stereocenters. The van der Waals surface area contributed by atoms with Crippen LogP contribution < -0.4 is 20.7 Å². The number of ether oxygens (including phenoxy) is 1. The van der Waals surface area contributed by atoms with Gasteiger partial charge in [0.1, 0.15) is 5.75 Å². The van der Waals surface area contributed by atoms with E-state index in [4.69, 9.17) is 4.74 Å². The third-order valence-electron chi connectivity index (χ3n) is 4.13. The maximum absolute atomic E-state index is 12.1. The van der Waals surface area contributed by atoms with Crippen molar-refractivity contribution < 1.29 is 9.53 Å². The highest BCUT2D eigenvalue weighted by atomic mass is 16.5. The Bertz CT molecular complexity index is 575. The molecule has 1 aliphatic heterocycles. The highest BCUT2D eigenvalue weighted by Gasteiger charge is 2.38. The number of carbonyl (C=O) groups is 1. The molecule has 24 heavy (non-hydrogen) atoms. The molecule has 0 radical (unpaired) electrons. The smallest absolute Gasteiger partial charge is 0.318 e. The maximum atomic E-state index is 12.1.